The van der Waals surface area contributed by atoms with Crippen LogP contribution in [-0.2, 0) is 24.2 Å². The van der Waals surface area contributed by atoms with Gasteiger partial charge in [0.25, 0.3) is 0 Å². The summed E-state index contributed by atoms with van der Waals surface area (Å²) in [5.74, 6) is 1.73. The maximum Gasteiger partial charge on any atom is 0.227 e. The second kappa shape index (κ2) is 10.1. The molecule has 152 valence electrons. The summed E-state index contributed by atoms with van der Waals surface area (Å²) in [4.78, 5) is 16.5. The monoisotopic (exact) mass is 409 g/mol. The molecule has 0 saturated heterocycles. The second-order valence-electron chi connectivity index (χ2n) is 7.03. The summed E-state index contributed by atoms with van der Waals surface area (Å²) in [7, 11) is 3.30. The molecule has 1 heterocycles. The van der Waals surface area contributed by atoms with Crippen LogP contribution in [-0.4, -0.2) is 31.1 Å². The molecule has 0 unspecified atom stereocenters. The van der Waals surface area contributed by atoms with Crippen molar-refractivity contribution in [3.8, 4) is 11.5 Å². The van der Waals surface area contributed by atoms with Crippen molar-refractivity contribution >= 4 is 17.2 Å². The van der Waals surface area contributed by atoms with E-state index in [-0.39, 0.29) is 11.9 Å². The largest absolute Gasteiger partial charge is 0.497 e. The molecule has 0 saturated carbocycles. The number of ether oxygens (including phenoxy) is 2. The standard InChI is InChI=1S/C24H27NO3S/c1-18(15-23-5-4-14-29-23)25(17-20-8-12-22(28-3)13-9-20)24(26)16-19-6-10-21(27-2)11-7-19/h4-14,18H,15-17H2,1-3H3/t18-/m0/s1. The minimum Gasteiger partial charge on any atom is -0.497 e. The number of nitrogens with zero attached hydrogens (tertiary/aromatic N) is 1. The number of thiophene rings is 1. The zero-order valence-electron chi connectivity index (χ0n) is 17.1. The summed E-state index contributed by atoms with van der Waals surface area (Å²) in [6, 6.07) is 19.9. The average Bonchev–Trinajstić information content (AvgIpc) is 3.25. The summed E-state index contributed by atoms with van der Waals surface area (Å²) in [5, 5.41) is 2.08. The van der Waals surface area contributed by atoms with Crippen molar-refractivity contribution in [1.29, 1.82) is 0 Å². The number of hydrogen-bond donors (Lipinski definition) is 0. The minimum atomic E-state index is 0.0986. The van der Waals surface area contributed by atoms with E-state index in [9.17, 15) is 4.79 Å². The Labute approximate surface area is 176 Å². The fourth-order valence-corrected chi connectivity index (χ4v) is 4.09. The Morgan fingerprint density at radius 3 is 2.03 bits per heavy atom. The number of benzene rings is 2. The highest BCUT2D eigenvalue weighted by atomic mass is 32.1. The van der Waals surface area contributed by atoms with Gasteiger partial charge in [-0.15, -0.1) is 11.3 Å². The predicted molar refractivity (Wildman–Crippen MR) is 118 cm³/mol. The first kappa shape index (κ1) is 20.9. The fraction of sp³-hybridized carbons (Fsp3) is 0.292. The van der Waals surface area contributed by atoms with Crippen LogP contribution in [0.15, 0.2) is 66.0 Å². The molecule has 29 heavy (non-hydrogen) atoms. The zero-order valence-corrected chi connectivity index (χ0v) is 17.9. The lowest BCUT2D eigenvalue weighted by atomic mass is 10.1. The van der Waals surface area contributed by atoms with Gasteiger partial charge in [0.1, 0.15) is 11.5 Å². The van der Waals surface area contributed by atoms with Crippen LogP contribution in [0.25, 0.3) is 0 Å². The molecular weight excluding hydrogens is 382 g/mol. The molecule has 0 N–H and O–H groups in total. The molecule has 5 heteroatoms. The highest BCUT2D eigenvalue weighted by Crippen LogP contribution is 2.20. The average molecular weight is 410 g/mol. The molecule has 0 aliphatic rings. The molecule has 1 amide bonds. The molecule has 3 aromatic rings. The Balaban J connectivity index is 1.76. The summed E-state index contributed by atoms with van der Waals surface area (Å²) in [5.41, 5.74) is 2.07. The van der Waals surface area contributed by atoms with E-state index in [4.69, 9.17) is 9.47 Å². The molecule has 2 aromatic carbocycles. The van der Waals surface area contributed by atoms with Gasteiger partial charge in [-0.3, -0.25) is 4.79 Å². The highest BCUT2D eigenvalue weighted by molar-refractivity contribution is 7.09. The molecule has 1 aromatic heterocycles. The third kappa shape index (κ3) is 5.84. The normalized spacial score (nSPS) is 11.7. The van der Waals surface area contributed by atoms with E-state index in [1.165, 1.54) is 4.88 Å². The van der Waals surface area contributed by atoms with Gasteiger partial charge in [0, 0.05) is 23.9 Å². The van der Waals surface area contributed by atoms with Gasteiger partial charge in [-0.2, -0.15) is 0 Å². The van der Waals surface area contributed by atoms with E-state index < -0.39 is 0 Å². The zero-order chi connectivity index (χ0) is 20.6. The molecular formula is C24H27NO3S. The van der Waals surface area contributed by atoms with E-state index in [1.54, 1.807) is 25.6 Å². The Bertz CT molecular complexity index is 889. The topological polar surface area (TPSA) is 38.8 Å². The van der Waals surface area contributed by atoms with Crippen LogP contribution in [0.4, 0.5) is 0 Å². The van der Waals surface area contributed by atoms with Crippen molar-refractivity contribution in [2.24, 2.45) is 0 Å². The van der Waals surface area contributed by atoms with Gasteiger partial charge in [-0.25, -0.2) is 0 Å². The molecule has 3 rings (SSSR count). The number of rotatable bonds is 9. The maximum atomic E-state index is 13.2. The number of amides is 1. The highest BCUT2D eigenvalue weighted by Gasteiger charge is 2.21. The van der Waals surface area contributed by atoms with Gasteiger partial charge in [0.2, 0.25) is 5.91 Å². The van der Waals surface area contributed by atoms with E-state index in [1.807, 2.05) is 53.4 Å². The van der Waals surface area contributed by atoms with Gasteiger partial charge in [-0.05, 0) is 53.8 Å². The first-order valence-corrected chi connectivity index (χ1v) is 10.5. The van der Waals surface area contributed by atoms with Crippen molar-refractivity contribution in [1.82, 2.24) is 4.90 Å². The SMILES string of the molecule is COc1ccc(CC(=O)N(Cc2ccc(OC)cc2)[C@@H](C)Cc2cccs2)cc1. The number of carbonyl (C=O) groups excluding carboxylic acids is 1. The molecule has 0 radical (unpaired) electrons. The number of methoxy groups -OCH3 is 2. The minimum absolute atomic E-state index is 0.0986. The lowest BCUT2D eigenvalue weighted by Gasteiger charge is -2.29. The second-order valence-corrected chi connectivity index (χ2v) is 8.06. The van der Waals surface area contributed by atoms with Crippen LogP contribution in [0.1, 0.15) is 22.9 Å². The predicted octanol–water partition coefficient (Wildman–Crippen LogP) is 4.97. The van der Waals surface area contributed by atoms with Crippen molar-refractivity contribution in [3.05, 3.63) is 82.0 Å². The first-order chi connectivity index (χ1) is 14.1. The number of carbonyl (C=O) groups is 1. The van der Waals surface area contributed by atoms with E-state index in [2.05, 4.69) is 24.4 Å². The van der Waals surface area contributed by atoms with Crippen LogP contribution >= 0.6 is 11.3 Å². The molecule has 1 atom stereocenters. The number of hydrogen-bond acceptors (Lipinski definition) is 4. The van der Waals surface area contributed by atoms with Crippen LogP contribution in [0.5, 0.6) is 11.5 Å². The fourth-order valence-electron chi connectivity index (χ4n) is 3.27. The molecule has 0 aliphatic heterocycles. The lowest BCUT2D eigenvalue weighted by molar-refractivity contribution is -0.133. The first-order valence-electron chi connectivity index (χ1n) is 9.66. The smallest absolute Gasteiger partial charge is 0.227 e. The van der Waals surface area contributed by atoms with Gasteiger partial charge >= 0.3 is 0 Å². The summed E-state index contributed by atoms with van der Waals surface area (Å²) < 4.78 is 10.5. The summed E-state index contributed by atoms with van der Waals surface area (Å²) in [6.07, 6.45) is 1.22. The molecule has 0 aliphatic carbocycles. The van der Waals surface area contributed by atoms with Crippen molar-refractivity contribution in [2.45, 2.75) is 32.4 Å². The Kier molecular flexibility index (Phi) is 7.30. The van der Waals surface area contributed by atoms with Crippen molar-refractivity contribution in [3.63, 3.8) is 0 Å². The van der Waals surface area contributed by atoms with Gasteiger partial charge in [0.15, 0.2) is 0 Å². The van der Waals surface area contributed by atoms with Gasteiger partial charge < -0.3 is 14.4 Å². The Hall–Kier alpha value is -2.79. The van der Waals surface area contributed by atoms with Crippen LogP contribution < -0.4 is 9.47 Å². The molecule has 0 bridgehead atoms. The van der Waals surface area contributed by atoms with Crippen molar-refractivity contribution in [2.75, 3.05) is 14.2 Å². The van der Waals surface area contributed by atoms with E-state index in [0.717, 1.165) is 29.0 Å². The van der Waals surface area contributed by atoms with Crippen LogP contribution in [0, 0.1) is 0 Å². The van der Waals surface area contributed by atoms with Crippen molar-refractivity contribution < 1.29 is 14.3 Å². The molecule has 0 spiro atoms. The summed E-state index contributed by atoms with van der Waals surface area (Å²) in [6.45, 7) is 2.70. The van der Waals surface area contributed by atoms with Crippen LogP contribution in [0.3, 0.4) is 0 Å². The Morgan fingerprint density at radius 2 is 1.52 bits per heavy atom. The van der Waals surface area contributed by atoms with E-state index in [0.29, 0.717) is 13.0 Å². The van der Waals surface area contributed by atoms with E-state index >= 15 is 0 Å². The molecule has 0 fully saturated rings. The quantitative estimate of drug-likeness (QED) is 0.501. The lowest BCUT2D eigenvalue weighted by Crippen LogP contribution is -2.40. The molecule has 4 nitrogen and oxygen atoms in total. The third-order valence-corrected chi connectivity index (χ3v) is 5.85. The van der Waals surface area contributed by atoms with Gasteiger partial charge in [0.05, 0.1) is 20.6 Å². The Morgan fingerprint density at radius 1 is 0.931 bits per heavy atom. The maximum absolute atomic E-state index is 13.2. The van der Waals surface area contributed by atoms with Gasteiger partial charge in [-0.1, -0.05) is 30.3 Å². The third-order valence-electron chi connectivity index (χ3n) is 4.96. The van der Waals surface area contributed by atoms with Crippen LogP contribution in [0.2, 0.25) is 0 Å². The summed E-state index contributed by atoms with van der Waals surface area (Å²) >= 11 is 1.73.